The molecule has 1 N–H and O–H groups in total. The highest BCUT2D eigenvalue weighted by Crippen LogP contribution is 2.22. The van der Waals surface area contributed by atoms with Crippen LogP contribution in [0.4, 0.5) is 5.69 Å². The first-order valence-electron chi connectivity index (χ1n) is 9.46. The fourth-order valence-electron chi connectivity index (χ4n) is 3.26. The molecule has 31 heavy (non-hydrogen) atoms. The molecule has 162 valence electrons. The van der Waals surface area contributed by atoms with Gasteiger partial charge in [0.05, 0.1) is 18.2 Å². The van der Waals surface area contributed by atoms with Crippen molar-refractivity contribution in [1.29, 1.82) is 0 Å². The zero-order valence-electron chi connectivity index (χ0n) is 17.4. The van der Waals surface area contributed by atoms with E-state index in [1.54, 1.807) is 30.5 Å². The number of rotatable bonds is 7. The predicted molar refractivity (Wildman–Crippen MR) is 127 cm³/mol. The second kappa shape index (κ2) is 9.49. The zero-order valence-corrected chi connectivity index (χ0v) is 19.8. The van der Waals surface area contributed by atoms with Crippen molar-refractivity contribution < 1.29 is 13.2 Å². The van der Waals surface area contributed by atoms with E-state index >= 15 is 0 Å². The van der Waals surface area contributed by atoms with Crippen LogP contribution in [-0.2, 0) is 14.8 Å². The lowest BCUT2D eigenvalue weighted by Crippen LogP contribution is -2.39. The number of anilines is 1. The molecule has 1 heterocycles. The Hall–Kier alpha value is -2.91. The average molecular weight is 503 g/mol. The Morgan fingerprint density at radius 3 is 2.48 bits per heavy atom. The fraction of sp³-hybridized carbons (Fsp3) is 0.182. The smallest absolute Gasteiger partial charge is 0.260 e. The van der Waals surface area contributed by atoms with Gasteiger partial charge >= 0.3 is 0 Å². The largest absolute Gasteiger partial charge is 0.318 e. The number of aromatic nitrogens is 1. The van der Waals surface area contributed by atoms with Crippen LogP contribution < -0.4 is 9.73 Å². The Kier molecular flexibility index (Phi) is 6.97. The maximum atomic E-state index is 12.4. The van der Waals surface area contributed by atoms with Gasteiger partial charge in [-0.3, -0.25) is 9.10 Å². The standard InChI is InChI=1S/C22H23BrN4O3S/c1-16-12-18(17(2)27(16)20-9-5-4-6-10-20)14-24-25-22(28)15-26(31(3,29)30)21-11-7-8-19(23)13-21/h4-14H,15H2,1-3H3,(H,25,28)/b24-14+. The molecule has 0 unspecified atom stereocenters. The van der Waals surface area contributed by atoms with Crippen molar-refractivity contribution in [2.45, 2.75) is 13.8 Å². The first-order chi connectivity index (χ1) is 14.7. The zero-order chi connectivity index (χ0) is 22.6. The molecule has 0 aliphatic carbocycles. The van der Waals surface area contributed by atoms with Crippen LogP contribution in [0, 0.1) is 13.8 Å². The van der Waals surface area contributed by atoms with Crippen molar-refractivity contribution in [3.05, 3.63) is 82.1 Å². The third-order valence-electron chi connectivity index (χ3n) is 4.66. The fourth-order valence-corrected chi connectivity index (χ4v) is 4.50. The summed E-state index contributed by atoms with van der Waals surface area (Å²) in [4.78, 5) is 12.4. The molecule has 1 aromatic heterocycles. The Bertz CT molecular complexity index is 1220. The first kappa shape index (κ1) is 22.8. The van der Waals surface area contributed by atoms with Gasteiger partial charge in [0, 0.05) is 27.1 Å². The van der Waals surface area contributed by atoms with Gasteiger partial charge in [-0.1, -0.05) is 40.2 Å². The summed E-state index contributed by atoms with van der Waals surface area (Å²) in [5, 5.41) is 4.03. The summed E-state index contributed by atoms with van der Waals surface area (Å²) in [6, 6.07) is 18.7. The first-order valence-corrected chi connectivity index (χ1v) is 12.1. The van der Waals surface area contributed by atoms with Gasteiger partial charge < -0.3 is 4.57 Å². The Morgan fingerprint density at radius 2 is 1.84 bits per heavy atom. The van der Waals surface area contributed by atoms with Crippen molar-refractivity contribution in [2.24, 2.45) is 5.10 Å². The predicted octanol–water partition coefficient (Wildman–Crippen LogP) is 3.77. The highest BCUT2D eigenvalue weighted by molar-refractivity contribution is 9.10. The number of carbonyl (C=O) groups is 1. The second-order valence-electron chi connectivity index (χ2n) is 7.04. The number of nitrogens with zero attached hydrogens (tertiary/aromatic N) is 3. The molecule has 0 aliphatic rings. The Balaban J connectivity index is 1.73. The highest BCUT2D eigenvalue weighted by atomic mass is 79.9. The van der Waals surface area contributed by atoms with E-state index in [0.717, 1.165) is 33.2 Å². The van der Waals surface area contributed by atoms with Gasteiger partial charge in [0.15, 0.2) is 0 Å². The number of benzene rings is 2. The summed E-state index contributed by atoms with van der Waals surface area (Å²) in [7, 11) is -3.65. The van der Waals surface area contributed by atoms with E-state index in [1.807, 2.05) is 50.2 Å². The van der Waals surface area contributed by atoms with Gasteiger partial charge in [-0.05, 0) is 50.2 Å². The molecule has 0 bridgehead atoms. The normalized spacial score (nSPS) is 11.6. The third kappa shape index (κ3) is 5.62. The summed E-state index contributed by atoms with van der Waals surface area (Å²) in [5.41, 5.74) is 6.72. The summed E-state index contributed by atoms with van der Waals surface area (Å²) < 4.78 is 28.2. The Morgan fingerprint density at radius 1 is 1.13 bits per heavy atom. The lowest BCUT2D eigenvalue weighted by Gasteiger charge is -2.21. The summed E-state index contributed by atoms with van der Waals surface area (Å²) in [5.74, 6) is -0.543. The van der Waals surface area contributed by atoms with Crippen molar-refractivity contribution >= 4 is 43.8 Å². The molecule has 0 radical (unpaired) electrons. The molecule has 9 heteroatoms. The molecular weight excluding hydrogens is 480 g/mol. The second-order valence-corrected chi connectivity index (χ2v) is 9.86. The number of halogens is 1. The van der Waals surface area contributed by atoms with Crippen molar-refractivity contribution in [3.8, 4) is 5.69 Å². The van der Waals surface area contributed by atoms with E-state index in [4.69, 9.17) is 0 Å². The van der Waals surface area contributed by atoms with E-state index in [0.29, 0.717) is 10.2 Å². The van der Waals surface area contributed by atoms with Crippen LogP contribution in [0.25, 0.3) is 5.69 Å². The SMILES string of the molecule is Cc1cc(/C=N/NC(=O)CN(c2cccc(Br)c2)S(C)(=O)=O)c(C)n1-c1ccccc1. The Labute approximate surface area is 190 Å². The van der Waals surface area contributed by atoms with E-state index in [-0.39, 0.29) is 6.54 Å². The molecule has 0 fully saturated rings. The maximum Gasteiger partial charge on any atom is 0.260 e. The average Bonchev–Trinajstić information content (AvgIpc) is 2.99. The molecule has 3 rings (SSSR count). The summed E-state index contributed by atoms with van der Waals surface area (Å²) in [6.07, 6.45) is 2.62. The number of hydrazone groups is 1. The van der Waals surface area contributed by atoms with Crippen molar-refractivity contribution in [1.82, 2.24) is 9.99 Å². The van der Waals surface area contributed by atoms with E-state index in [9.17, 15) is 13.2 Å². The van der Waals surface area contributed by atoms with Crippen molar-refractivity contribution in [3.63, 3.8) is 0 Å². The molecule has 1 amide bonds. The van der Waals surface area contributed by atoms with Gasteiger partial charge in [-0.25, -0.2) is 13.8 Å². The molecule has 0 saturated heterocycles. The molecule has 0 spiro atoms. The molecule has 3 aromatic rings. The van der Waals surface area contributed by atoms with Gasteiger partial charge in [-0.15, -0.1) is 0 Å². The van der Waals surface area contributed by atoms with E-state index in [2.05, 4.69) is 31.0 Å². The van der Waals surface area contributed by atoms with Gasteiger partial charge in [0.1, 0.15) is 6.54 Å². The number of sulfonamides is 1. The number of hydrogen-bond donors (Lipinski definition) is 1. The van der Waals surface area contributed by atoms with Crippen LogP contribution in [-0.4, -0.2) is 37.9 Å². The topological polar surface area (TPSA) is 83.8 Å². The number of carbonyl (C=O) groups excluding carboxylic acids is 1. The van der Waals surface area contributed by atoms with Crippen molar-refractivity contribution in [2.75, 3.05) is 17.1 Å². The molecule has 0 aliphatic heterocycles. The van der Waals surface area contributed by atoms with Gasteiger partial charge in [0.25, 0.3) is 5.91 Å². The van der Waals surface area contributed by atoms with Crippen LogP contribution in [0.1, 0.15) is 17.0 Å². The molecular formula is C22H23BrN4O3S. The van der Waals surface area contributed by atoms with Crippen LogP contribution in [0.3, 0.4) is 0 Å². The van der Waals surface area contributed by atoms with Crippen LogP contribution in [0.15, 0.2) is 70.2 Å². The maximum absolute atomic E-state index is 12.4. The minimum absolute atomic E-state index is 0.379. The molecule has 0 atom stereocenters. The number of amides is 1. The van der Waals surface area contributed by atoms with Crippen LogP contribution >= 0.6 is 15.9 Å². The highest BCUT2D eigenvalue weighted by Gasteiger charge is 2.21. The van der Waals surface area contributed by atoms with Crippen LogP contribution in [0.5, 0.6) is 0 Å². The quantitative estimate of drug-likeness (QED) is 0.394. The minimum atomic E-state index is -3.65. The number of nitrogens with one attached hydrogen (secondary N) is 1. The third-order valence-corrected chi connectivity index (χ3v) is 6.30. The lowest BCUT2D eigenvalue weighted by atomic mass is 10.2. The molecule has 2 aromatic carbocycles. The van der Waals surface area contributed by atoms with Gasteiger partial charge in [-0.2, -0.15) is 5.10 Å². The summed E-state index contributed by atoms with van der Waals surface area (Å²) in [6.45, 7) is 3.59. The molecule has 0 saturated carbocycles. The minimum Gasteiger partial charge on any atom is -0.318 e. The summed E-state index contributed by atoms with van der Waals surface area (Å²) >= 11 is 3.32. The number of para-hydroxylation sites is 1. The van der Waals surface area contributed by atoms with E-state index in [1.165, 1.54) is 0 Å². The van der Waals surface area contributed by atoms with E-state index < -0.39 is 15.9 Å². The molecule has 7 nitrogen and oxygen atoms in total. The van der Waals surface area contributed by atoms with Gasteiger partial charge in [0.2, 0.25) is 10.0 Å². The lowest BCUT2D eigenvalue weighted by molar-refractivity contribution is -0.119. The monoisotopic (exact) mass is 502 g/mol. The number of aryl methyl sites for hydroxylation is 1. The number of hydrogen-bond acceptors (Lipinski definition) is 4. The van der Waals surface area contributed by atoms with Crippen LogP contribution in [0.2, 0.25) is 0 Å².